The molecule has 4 saturated carbocycles. The van der Waals surface area contributed by atoms with Crippen molar-refractivity contribution in [3.8, 4) is 0 Å². The predicted octanol–water partition coefficient (Wildman–Crippen LogP) is 8.31. The minimum absolute atomic E-state index is 0.308. The summed E-state index contributed by atoms with van der Waals surface area (Å²) in [6, 6.07) is 0. The molecule has 1 unspecified atom stereocenters. The van der Waals surface area contributed by atoms with Crippen molar-refractivity contribution in [2.24, 2.45) is 51.8 Å². The van der Waals surface area contributed by atoms with Crippen LogP contribution in [0.25, 0.3) is 0 Å². The molecule has 5 aliphatic carbocycles. The Bertz CT molecular complexity index is 828. The fourth-order valence-electron chi connectivity index (χ4n) is 10.5. The van der Waals surface area contributed by atoms with Crippen molar-refractivity contribution in [2.45, 2.75) is 143 Å². The van der Waals surface area contributed by atoms with Crippen LogP contribution in [0.3, 0.4) is 0 Å². The van der Waals surface area contributed by atoms with Gasteiger partial charge in [0.2, 0.25) is 0 Å². The fraction of sp³-hybridized carbons (Fsp3) is 0.939. The first-order chi connectivity index (χ1) is 16.2. The van der Waals surface area contributed by atoms with Gasteiger partial charge in [0.05, 0.1) is 11.2 Å². The summed E-state index contributed by atoms with van der Waals surface area (Å²) in [6.07, 6.45) is 17.7. The number of fused-ring (bicyclic) bond motifs is 5. The zero-order chi connectivity index (χ0) is 25.4. The number of rotatable bonds is 4. The minimum Gasteiger partial charge on any atom is -0.390 e. The molecule has 0 aromatic carbocycles. The van der Waals surface area contributed by atoms with E-state index in [9.17, 15) is 10.2 Å². The lowest BCUT2D eigenvalue weighted by Crippen LogP contribution is -2.54. The Hall–Kier alpha value is -0.340. The topological polar surface area (TPSA) is 40.5 Å². The molecule has 0 saturated heterocycles. The van der Waals surface area contributed by atoms with E-state index in [-0.39, 0.29) is 0 Å². The Morgan fingerprint density at radius 1 is 0.857 bits per heavy atom. The summed E-state index contributed by atoms with van der Waals surface area (Å²) in [5, 5.41) is 22.2. The van der Waals surface area contributed by atoms with Crippen LogP contribution >= 0.6 is 0 Å². The lowest BCUT2D eigenvalue weighted by molar-refractivity contribution is -0.0859. The van der Waals surface area contributed by atoms with Crippen molar-refractivity contribution < 1.29 is 10.2 Å². The molecule has 5 rings (SSSR count). The molecule has 0 amide bonds. The van der Waals surface area contributed by atoms with Crippen molar-refractivity contribution in [1.29, 1.82) is 0 Å². The average molecular weight is 485 g/mol. The number of allylic oxidation sites excluding steroid dienone is 1. The highest BCUT2D eigenvalue weighted by Gasteiger charge is 2.61. The van der Waals surface area contributed by atoms with E-state index in [4.69, 9.17) is 0 Å². The third-order valence-electron chi connectivity index (χ3n) is 13.1. The lowest BCUT2D eigenvalue weighted by atomic mass is 9.44. The molecular weight excluding hydrogens is 428 g/mol. The largest absolute Gasteiger partial charge is 0.390 e. The second-order valence-corrected chi connectivity index (χ2v) is 16.1. The smallest absolute Gasteiger partial charge is 0.0657 e. The van der Waals surface area contributed by atoms with E-state index in [0.29, 0.717) is 28.1 Å². The molecule has 2 N–H and O–H groups in total. The van der Waals surface area contributed by atoms with Crippen molar-refractivity contribution in [2.75, 3.05) is 0 Å². The molecule has 2 nitrogen and oxygen atoms in total. The molecule has 0 bridgehead atoms. The molecule has 2 heteroatoms. The van der Waals surface area contributed by atoms with Gasteiger partial charge < -0.3 is 10.2 Å². The summed E-state index contributed by atoms with van der Waals surface area (Å²) in [5.41, 5.74) is 1.86. The predicted molar refractivity (Wildman–Crippen MR) is 146 cm³/mol. The van der Waals surface area contributed by atoms with Gasteiger partial charge in [0.25, 0.3) is 0 Å². The summed E-state index contributed by atoms with van der Waals surface area (Å²) in [4.78, 5) is 0. The van der Waals surface area contributed by atoms with Crippen LogP contribution in [0.4, 0.5) is 0 Å². The molecule has 35 heavy (non-hydrogen) atoms. The molecule has 4 fully saturated rings. The van der Waals surface area contributed by atoms with Crippen LogP contribution in [0.5, 0.6) is 0 Å². The second kappa shape index (κ2) is 8.59. The van der Waals surface area contributed by atoms with Crippen molar-refractivity contribution in [3.63, 3.8) is 0 Å². The molecule has 9 atom stereocenters. The SMILES string of the molecule is CC1C=C2C[C@@](C)(O)CC[C@]2(C)[C@H]2CC[C@]3(C)[C@@H]([C@H](C)CCC4(O)CCC(C)(C)CC4)CC[C@H]3[C@H]12. The van der Waals surface area contributed by atoms with E-state index in [0.717, 1.165) is 55.8 Å². The standard InChI is InChI=1S/C33H56O2/c1-22(10-13-33(35)18-14-29(3,4)15-19-33)25-8-9-26-28-23(2)20-24-21-30(5,34)16-17-31(24,6)27(28)11-12-32(25,26)7/h20,22-23,25-28,34-35H,8-19,21H2,1-7H3/t22-,23?,25-,26+,27+,28+,30+,31+,32-/m1/s1. The van der Waals surface area contributed by atoms with Gasteiger partial charge in [-0.05, 0) is 142 Å². The first kappa shape index (κ1) is 26.3. The molecule has 0 aromatic rings. The van der Waals surface area contributed by atoms with Crippen LogP contribution in [0, 0.1) is 51.8 Å². The van der Waals surface area contributed by atoms with Crippen LogP contribution in [0.15, 0.2) is 11.6 Å². The Morgan fingerprint density at radius 2 is 1.54 bits per heavy atom. The van der Waals surface area contributed by atoms with Crippen LogP contribution in [0.2, 0.25) is 0 Å². The van der Waals surface area contributed by atoms with Crippen LogP contribution in [0.1, 0.15) is 132 Å². The maximum absolute atomic E-state index is 11.3. The maximum Gasteiger partial charge on any atom is 0.0657 e. The number of hydrogen-bond donors (Lipinski definition) is 2. The van der Waals surface area contributed by atoms with Gasteiger partial charge in [0.1, 0.15) is 0 Å². The third kappa shape index (κ3) is 4.49. The average Bonchev–Trinajstić information content (AvgIpc) is 3.13. The van der Waals surface area contributed by atoms with Crippen molar-refractivity contribution >= 4 is 0 Å². The first-order valence-corrected chi connectivity index (χ1v) is 15.3. The lowest BCUT2D eigenvalue weighted by Gasteiger charge is -2.60. The third-order valence-corrected chi connectivity index (χ3v) is 13.1. The fourth-order valence-corrected chi connectivity index (χ4v) is 10.5. The van der Waals surface area contributed by atoms with Gasteiger partial charge in [-0.2, -0.15) is 0 Å². The van der Waals surface area contributed by atoms with Crippen LogP contribution in [-0.4, -0.2) is 21.4 Å². The Morgan fingerprint density at radius 3 is 2.23 bits per heavy atom. The van der Waals surface area contributed by atoms with E-state index < -0.39 is 11.2 Å². The van der Waals surface area contributed by atoms with Gasteiger partial charge >= 0.3 is 0 Å². The van der Waals surface area contributed by atoms with Gasteiger partial charge in [0, 0.05) is 0 Å². The summed E-state index contributed by atoms with van der Waals surface area (Å²) >= 11 is 0. The minimum atomic E-state index is -0.507. The Labute approximate surface area is 216 Å². The van der Waals surface area contributed by atoms with E-state index in [2.05, 4.69) is 54.5 Å². The second-order valence-electron chi connectivity index (χ2n) is 16.1. The van der Waals surface area contributed by atoms with E-state index in [1.165, 1.54) is 51.4 Å². The number of hydrogen-bond acceptors (Lipinski definition) is 2. The summed E-state index contributed by atoms with van der Waals surface area (Å²) in [5.74, 6) is 4.63. The van der Waals surface area contributed by atoms with Crippen LogP contribution < -0.4 is 0 Å². The van der Waals surface area contributed by atoms with E-state index in [1.807, 2.05) is 0 Å². The van der Waals surface area contributed by atoms with E-state index >= 15 is 0 Å². The normalized spacial score (nSPS) is 49.4. The molecule has 0 heterocycles. The van der Waals surface area contributed by atoms with Gasteiger partial charge in [-0.15, -0.1) is 0 Å². The summed E-state index contributed by atoms with van der Waals surface area (Å²) in [6.45, 7) is 17.0. The van der Waals surface area contributed by atoms with Gasteiger partial charge in [-0.1, -0.05) is 53.2 Å². The van der Waals surface area contributed by atoms with Gasteiger partial charge in [-0.25, -0.2) is 0 Å². The molecule has 0 aromatic heterocycles. The Kier molecular flexibility index (Phi) is 6.45. The molecule has 0 radical (unpaired) electrons. The zero-order valence-electron chi connectivity index (χ0n) is 24.1. The summed E-state index contributed by atoms with van der Waals surface area (Å²) < 4.78 is 0. The molecule has 200 valence electrons. The highest BCUT2D eigenvalue weighted by Crippen LogP contribution is 2.68. The molecular formula is C33H56O2. The van der Waals surface area contributed by atoms with E-state index in [1.54, 1.807) is 5.57 Å². The van der Waals surface area contributed by atoms with Crippen molar-refractivity contribution in [1.82, 2.24) is 0 Å². The highest BCUT2D eigenvalue weighted by atomic mass is 16.3. The molecule has 0 spiro atoms. The first-order valence-electron chi connectivity index (χ1n) is 15.3. The summed E-state index contributed by atoms with van der Waals surface area (Å²) in [7, 11) is 0. The number of aliphatic hydroxyl groups is 2. The van der Waals surface area contributed by atoms with Crippen LogP contribution in [-0.2, 0) is 0 Å². The van der Waals surface area contributed by atoms with Crippen molar-refractivity contribution in [3.05, 3.63) is 11.6 Å². The van der Waals surface area contributed by atoms with Gasteiger partial charge in [0.15, 0.2) is 0 Å². The molecule has 0 aliphatic heterocycles. The quantitative estimate of drug-likeness (QED) is 0.394. The van der Waals surface area contributed by atoms with Gasteiger partial charge in [-0.3, -0.25) is 0 Å². The molecule has 5 aliphatic rings. The monoisotopic (exact) mass is 484 g/mol. The zero-order valence-corrected chi connectivity index (χ0v) is 24.1. The maximum atomic E-state index is 11.3. The Balaban J connectivity index is 1.29. The highest BCUT2D eigenvalue weighted by molar-refractivity contribution is 5.28.